The first-order valence-electron chi connectivity index (χ1n) is 7.16. The molecule has 1 unspecified atom stereocenters. The minimum atomic E-state index is -0.574. The summed E-state index contributed by atoms with van der Waals surface area (Å²) < 4.78 is 18.8. The Hall–Kier alpha value is -1.46. The molecule has 5 heteroatoms. The summed E-state index contributed by atoms with van der Waals surface area (Å²) in [5.41, 5.74) is 0.0113. The van der Waals surface area contributed by atoms with Gasteiger partial charge in [0, 0.05) is 0 Å². The molecule has 0 aromatic heterocycles. The normalized spacial score (nSPS) is 24.1. The van der Waals surface area contributed by atoms with Gasteiger partial charge in [0.1, 0.15) is 44.6 Å². The van der Waals surface area contributed by atoms with Crippen LogP contribution in [0.4, 0.5) is 4.39 Å². The van der Waals surface area contributed by atoms with Gasteiger partial charge in [-0.3, -0.25) is 0 Å². The lowest BCUT2D eigenvalue weighted by Gasteiger charge is -2.28. The standard InChI is InChI=1S/C15H21FN2O2/c1-12(11-18-9-7-17(2)8-10-18)20-15(19)13-5-3-4-6-14(13)16/h3-6,12H,7-11H2,1-2H3/p+2. The minimum absolute atomic E-state index is 0.0113. The highest BCUT2D eigenvalue weighted by Crippen LogP contribution is 2.08. The fourth-order valence-electron chi connectivity index (χ4n) is 2.56. The molecule has 1 aromatic rings. The molecule has 1 atom stereocenters. The first-order chi connectivity index (χ1) is 9.56. The van der Waals surface area contributed by atoms with E-state index in [4.69, 9.17) is 4.74 Å². The number of halogens is 1. The lowest BCUT2D eigenvalue weighted by atomic mass is 10.2. The van der Waals surface area contributed by atoms with E-state index < -0.39 is 11.8 Å². The third kappa shape index (κ3) is 4.02. The van der Waals surface area contributed by atoms with Gasteiger partial charge in [0.2, 0.25) is 0 Å². The van der Waals surface area contributed by atoms with E-state index in [0.717, 1.165) is 32.7 Å². The first-order valence-corrected chi connectivity index (χ1v) is 7.16. The van der Waals surface area contributed by atoms with Crippen LogP contribution in [-0.4, -0.2) is 51.8 Å². The molecule has 0 spiro atoms. The van der Waals surface area contributed by atoms with Crippen molar-refractivity contribution in [2.45, 2.75) is 13.0 Å². The van der Waals surface area contributed by atoms with E-state index in [1.54, 1.807) is 17.0 Å². The summed E-state index contributed by atoms with van der Waals surface area (Å²) in [6.45, 7) is 7.12. The van der Waals surface area contributed by atoms with Crippen molar-refractivity contribution in [3.05, 3.63) is 35.6 Å². The van der Waals surface area contributed by atoms with Gasteiger partial charge in [0.05, 0.1) is 12.6 Å². The van der Waals surface area contributed by atoms with Crippen molar-refractivity contribution in [1.82, 2.24) is 0 Å². The van der Waals surface area contributed by atoms with Crippen LogP contribution in [0.3, 0.4) is 0 Å². The van der Waals surface area contributed by atoms with Crippen molar-refractivity contribution < 1.29 is 23.7 Å². The van der Waals surface area contributed by atoms with Gasteiger partial charge in [-0.05, 0) is 19.1 Å². The van der Waals surface area contributed by atoms with Gasteiger partial charge >= 0.3 is 5.97 Å². The largest absolute Gasteiger partial charge is 0.453 e. The number of benzene rings is 1. The summed E-state index contributed by atoms with van der Waals surface area (Å²) in [7, 11) is 2.19. The van der Waals surface area contributed by atoms with Crippen LogP contribution in [0.15, 0.2) is 24.3 Å². The first kappa shape index (κ1) is 14.9. The molecule has 1 heterocycles. The lowest BCUT2D eigenvalue weighted by Crippen LogP contribution is -3.27. The zero-order chi connectivity index (χ0) is 14.5. The SMILES string of the molecule is CC(C[NH+]1CC[NH+](C)CC1)OC(=O)c1ccccc1F. The number of carbonyl (C=O) groups is 1. The molecule has 1 fully saturated rings. The lowest BCUT2D eigenvalue weighted by molar-refractivity contribution is -1.00. The molecule has 2 N–H and O–H groups in total. The summed E-state index contributed by atoms with van der Waals surface area (Å²) in [6.07, 6.45) is -0.199. The molecular formula is C15H23FN2O2+2. The number of likely N-dealkylation sites (N-methyl/N-ethyl adjacent to an activating group) is 1. The van der Waals surface area contributed by atoms with Crippen molar-refractivity contribution in [2.24, 2.45) is 0 Å². The van der Waals surface area contributed by atoms with Gasteiger partial charge in [-0.1, -0.05) is 12.1 Å². The molecule has 0 amide bonds. The van der Waals surface area contributed by atoms with Gasteiger partial charge in [-0.25, -0.2) is 9.18 Å². The molecule has 1 aromatic carbocycles. The molecule has 1 saturated heterocycles. The number of ether oxygens (including phenoxy) is 1. The van der Waals surface area contributed by atoms with Gasteiger partial charge in [0.25, 0.3) is 0 Å². The van der Waals surface area contributed by atoms with E-state index >= 15 is 0 Å². The maximum atomic E-state index is 13.5. The van der Waals surface area contributed by atoms with E-state index in [-0.39, 0.29) is 11.7 Å². The number of piperazine rings is 1. The molecular weight excluding hydrogens is 259 g/mol. The average Bonchev–Trinajstić information content (AvgIpc) is 2.41. The Kier molecular flexibility index (Phi) is 5.09. The monoisotopic (exact) mass is 282 g/mol. The van der Waals surface area contributed by atoms with E-state index in [1.165, 1.54) is 17.0 Å². The van der Waals surface area contributed by atoms with Gasteiger partial charge in [-0.2, -0.15) is 0 Å². The van der Waals surface area contributed by atoms with Gasteiger partial charge in [0.15, 0.2) is 0 Å². The third-order valence-corrected chi connectivity index (χ3v) is 3.79. The van der Waals surface area contributed by atoms with Crippen LogP contribution >= 0.6 is 0 Å². The second kappa shape index (κ2) is 6.81. The highest BCUT2D eigenvalue weighted by molar-refractivity contribution is 5.89. The fraction of sp³-hybridized carbons (Fsp3) is 0.533. The van der Waals surface area contributed by atoms with Crippen LogP contribution in [-0.2, 0) is 4.74 Å². The third-order valence-electron chi connectivity index (χ3n) is 3.79. The summed E-state index contributed by atoms with van der Waals surface area (Å²) in [5.74, 6) is -1.10. The van der Waals surface area contributed by atoms with Crippen molar-refractivity contribution in [3.63, 3.8) is 0 Å². The molecule has 110 valence electrons. The highest BCUT2D eigenvalue weighted by Gasteiger charge is 2.24. The van der Waals surface area contributed by atoms with Crippen LogP contribution in [0.2, 0.25) is 0 Å². The predicted octanol–water partition coefficient (Wildman–Crippen LogP) is -1.22. The molecule has 1 aliphatic heterocycles. The molecule has 1 aliphatic rings. The molecule has 0 radical (unpaired) electrons. The zero-order valence-corrected chi connectivity index (χ0v) is 12.1. The molecule has 4 nitrogen and oxygen atoms in total. The Morgan fingerprint density at radius 1 is 1.30 bits per heavy atom. The van der Waals surface area contributed by atoms with Gasteiger partial charge in [-0.15, -0.1) is 0 Å². The Bertz CT molecular complexity index is 459. The number of nitrogens with one attached hydrogen (secondary N) is 2. The van der Waals surface area contributed by atoms with Crippen LogP contribution in [0, 0.1) is 5.82 Å². The summed E-state index contributed by atoms with van der Waals surface area (Å²) in [6, 6.07) is 5.93. The van der Waals surface area contributed by atoms with E-state index in [9.17, 15) is 9.18 Å². The molecule has 0 aliphatic carbocycles. The average molecular weight is 282 g/mol. The van der Waals surface area contributed by atoms with Crippen LogP contribution in [0.25, 0.3) is 0 Å². The van der Waals surface area contributed by atoms with E-state index in [0.29, 0.717) is 0 Å². The minimum Gasteiger partial charge on any atom is -0.453 e. The Morgan fingerprint density at radius 3 is 2.60 bits per heavy atom. The number of quaternary nitrogens is 2. The summed E-state index contributed by atoms with van der Waals surface area (Å²) in [4.78, 5) is 14.9. The van der Waals surface area contributed by atoms with Crippen LogP contribution < -0.4 is 9.80 Å². The Balaban J connectivity index is 1.84. The molecule has 20 heavy (non-hydrogen) atoms. The molecule has 0 bridgehead atoms. The predicted molar refractivity (Wildman–Crippen MR) is 73.5 cm³/mol. The van der Waals surface area contributed by atoms with E-state index in [2.05, 4.69) is 7.05 Å². The fourth-order valence-corrected chi connectivity index (χ4v) is 2.56. The topological polar surface area (TPSA) is 35.2 Å². The number of hydrogen-bond acceptors (Lipinski definition) is 2. The molecule has 0 saturated carbocycles. The van der Waals surface area contributed by atoms with Crippen molar-refractivity contribution in [1.29, 1.82) is 0 Å². The Labute approximate surface area is 119 Å². The van der Waals surface area contributed by atoms with Crippen molar-refractivity contribution in [2.75, 3.05) is 39.8 Å². The second-order valence-corrected chi connectivity index (χ2v) is 5.61. The highest BCUT2D eigenvalue weighted by atomic mass is 19.1. The quantitative estimate of drug-likeness (QED) is 0.680. The summed E-state index contributed by atoms with van der Waals surface area (Å²) in [5, 5.41) is 0. The van der Waals surface area contributed by atoms with Crippen LogP contribution in [0.5, 0.6) is 0 Å². The van der Waals surface area contributed by atoms with Crippen molar-refractivity contribution >= 4 is 5.97 Å². The number of carbonyl (C=O) groups excluding carboxylic acids is 1. The zero-order valence-electron chi connectivity index (χ0n) is 12.1. The van der Waals surface area contributed by atoms with E-state index in [1.807, 2.05) is 6.92 Å². The maximum absolute atomic E-state index is 13.5. The summed E-state index contributed by atoms with van der Waals surface area (Å²) >= 11 is 0. The second-order valence-electron chi connectivity index (χ2n) is 5.61. The van der Waals surface area contributed by atoms with Crippen molar-refractivity contribution in [3.8, 4) is 0 Å². The maximum Gasteiger partial charge on any atom is 0.341 e. The molecule has 2 rings (SSSR count). The Morgan fingerprint density at radius 2 is 1.95 bits per heavy atom. The number of esters is 1. The van der Waals surface area contributed by atoms with Gasteiger partial charge < -0.3 is 14.5 Å². The number of rotatable bonds is 4. The van der Waals surface area contributed by atoms with Crippen LogP contribution in [0.1, 0.15) is 17.3 Å². The smallest absolute Gasteiger partial charge is 0.341 e. The number of hydrogen-bond donors (Lipinski definition) is 2.